The molecule has 0 fully saturated rings. The van der Waals surface area contributed by atoms with Gasteiger partial charge < -0.3 is 10.2 Å². The molecule has 0 unspecified atom stereocenters. The van der Waals surface area contributed by atoms with E-state index in [-0.39, 0.29) is 29.1 Å². The Hall–Kier alpha value is -3.07. The van der Waals surface area contributed by atoms with Crippen LogP contribution in [0.4, 0.5) is 5.69 Å². The molecule has 7 nitrogen and oxygen atoms in total. The minimum atomic E-state index is -4.18. The van der Waals surface area contributed by atoms with Gasteiger partial charge in [0.1, 0.15) is 12.6 Å². The van der Waals surface area contributed by atoms with E-state index < -0.39 is 28.5 Å². The van der Waals surface area contributed by atoms with Gasteiger partial charge in [0.15, 0.2) is 0 Å². The second-order valence-electron chi connectivity index (χ2n) is 10.1. The number of benzene rings is 3. The Balaban J connectivity index is 2.10. The Morgan fingerprint density at radius 1 is 0.878 bits per heavy atom. The lowest BCUT2D eigenvalue weighted by molar-refractivity contribution is -0.140. The van der Waals surface area contributed by atoms with E-state index >= 15 is 0 Å². The first-order valence-corrected chi connectivity index (χ1v) is 15.8. The number of hydrogen-bond acceptors (Lipinski definition) is 4. The highest BCUT2D eigenvalue weighted by Gasteiger charge is 2.34. The molecular weight excluding hydrogens is 581 g/mol. The van der Waals surface area contributed by atoms with Gasteiger partial charge in [-0.3, -0.25) is 13.9 Å². The van der Waals surface area contributed by atoms with Crippen molar-refractivity contribution in [3.8, 4) is 0 Å². The minimum absolute atomic E-state index is 0.0427. The van der Waals surface area contributed by atoms with Gasteiger partial charge in [-0.05, 0) is 81.1 Å². The zero-order chi connectivity index (χ0) is 30.3. The summed E-state index contributed by atoms with van der Waals surface area (Å²) in [5.41, 5.74) is 2.57. The van der Waals surface area contributed by atoms with Gasteiger partial charge in [-0.1, -0.05) is 72.9 Å². The van der Waals surface area contributed by atoms with Crippen molar-refractivity contribution in [2.24, 2.45) is 0 Å². The Labute approximate surface area is 253 Å². The van der Waals surface area contributed by atoms with E-state index in [0.717, 1.165) is 21.9 Å². The van der Waals surface area contributed by atoms with Crippen LogP contribution in [0.25, 0.3) is 0 Å². The van der Waals surface area contributed by atoms with Crippen LogP contribution in [0, 0.1) is 13.8 Å². The predicted molar refractivity (Wildman–Crippen MR) is 166 cm³/mol. The smallest absolute Gasteiger partial charge is 0.264 e. The molecule has 3 rings (SSSR count). The fourth-order valence-corrected chi connectivity index (χ4v) is 6.11. The summed E-state index contributed by atoms with van der Waals surface area (Å²) in [6.07, 6.45) is 1.06. The van der Waals surface area contributed by atoms with Crippen molar-refractivity contribution in [2.75, 3.05) is 10.8 Å². The van der Waals surface area contributed by atoms with Crippen LogP contribution in [0.2, 0.25) is 10.0 Å². The second-order valence-corrected chi connectivity index (χ2v) is 12.9. The Morgan fingerprint density at radius 2 is 1.49 bits per heavy atom. The van der Waals surface area contributed by atoms with Crippen LogP contribution < -0.4 is 9.62 Å². The molecule has 3 aromatic rings. The summed E-state index contributed by atoms with van der Waals surface area (Å²) in [4.78, 5) is 29.0. The number of anilines is 1. The molecular formula is C31H37Cl2N3O4S. The maximum atomic E-state index is 14.2. The highest BCUT2D eigenvalue weighted by atomic mass is 35.5. The normalized spacial score (nSPS) is 12.9. The molecule has 3 aromatic carbocycles. The van der Waals surface area contributed by atoms with Crippen LogP contribution in [-0.2, 0) is 26.2 Å². The summed E-state index contributed by atoms with van der Waals surface area (Å²) in [6, 6.07) is 17.4. The molecule has 220 valence electrons. The number of aryl methyl sites for hydroxylation is 2. The molecule has 0 aliphatic rings. The van der Waals surface area contributed by atoms with E-state index in [4.69, 9.17) is 23.2 Å². The molecule has 1 N–H and O–H groups in total. The monoisotopic (exact) mass is 617 g/mol. The topological polar surface area (TPSA) is 86.8 Å². The standard InChI is InChI=1S/C31H37Cl2N3O4S/c1-6-23(5)34-31(38)28(7-2)35(19-24-11-14-25(32)15-12-24)30(37)20-36(29-18-26(33)13-10-22(29)4)41(39,40)27-16-8-21(3)9-17-27/h8-18,23,28H,6-7,19-20H2,1-5H3,(H,34,38)/t23-,28-/m0/s1. The van der Waals surface area contributed by atoms with E-state index in [1.54, 1.807) is 55.5 Å². The molecule has 0 saturated heterocycles. The summed E-state index contributed by atoms with van der Waals surface area (Å²) >= 11 is 12.4. The van der Waals surface area contributed by atoms with Crippen LogP contribution >= 0.6 is 23.2 Å². The quantitative estimate of drug-likeness (QED) is 0.250. The van der Waals surface area contributed by atoms with Gasteiger partial charge in [0.25, 0.3) is 10.0 Å². The van der Waals surface area contributed by atoms with E-state index in [0.29, 0.717) is 22.0 Å². The fourth-order valence-electron chi connectivity index (χ4n) is 4.35. The average molecular weight is 619 g/mol. The van der Waals surface area contributed by atoms with E-state index in [1.165, 1.54) is 23.1 Å². The second kappa shape index (κ2) is 14.2. The van der Waals surface area contributed by atoms with E-state index in [1.807, 2.05) is 27.7 Å². The zero-order valence-corrected chi connectivity index (χ0v) is 26.4. The highest BCUT2D eigenvalue weighted by Crippen LogP contribution is 2.30. The molecule has 0 bridgehead atoms. The van der Waals surface area contributed by atoms with Crippen LogP contribution in [0.3, 0.4) is 0 Å². The first kappa shape index (κ1) is 32.4. The van der Waals surface area contributed by atoms with Gasteiger partial charge in [0.05, 0.1) is 10.6 Å². The number of rotatable bonds is 12. The maximum absolute atomic E-state index is 14.2. The van der Waals surface area contributed by atoms with Crippen LogP contribution in [0.15, 0.2) is 71.6 Å². The SMILES string of the molecule is CC[C@H](C)NC(=O)[C@H](CC)N(Cc1ccc(Cl)cc1)C(=O)CN(c1cc(Cl)ccc1C)S(=O)(=O)c1ccc(C)cc1. The molecule has 0 spiro atoms. The van der Waals surface area contributed by atoms with Crippen molar-refractivity contribution in [2.45, 2.75) is 71.0 Å². The number of halogens is 2. The number of hydrogen-bond donors (Lipinski definition) is 1. The summed E-state index contributed by atoms with van der Waals surface area (Å²) in [5.74, 6) is -0.822. The van der Waals surface area contributed by atoms with Crippen molar-refractivity contribution < 1.29 is 18.0 Å². The summed E-state index contributed by atoms with van der Waals surface area (Å²) in [5, 5.41) is 3.85. The zero-order valence-electron chi connectivity index (χ0n) is 24.0. The van der Waals surface area contributed by atoms with Crippen LogP contribution in [0.1, 0.15) is 50.3 Å². The van der Waals surface area contributed by atoms with Gasteiger partial charge in [-0.2, -0.15) is 0 Å². The Kier molecular flexibility index (Phi) is 11.2. The van der Waals surface area contributed by atoms with Crippen molar-refractivity contribution in [3.05, 3.63) is 93.5 Å². The number of carbonyl (C=O) groups excluding carboxylic acids is 2. The number of amides is 2. The van der Waals surface area contributed by atoms with Gasteiger partial charge in [-0.25, -0.2) is 8.42 Å². The Bertz CT molecular complexity index is 1460. The average Bonchev–Trinajstić information content (AvgIpc) is 2.94. The highest BCUT2D eigenvalue weighted by molar-refractivity contribution is 7.92. The third-order valence-electron chi connectivity index (χ3n) is 6.98. The van der Waals surface area contributed by atoms with Crippen LogP contribution in [0.5, 0.6) is 0 Å². The lowest BCUT2D eigenvalue weighted by atomic mass is 10.1. The number of nitrogens with zero attached hydrogens (tertiary/aromatic N) is 2. The summed E-state index contributed by atoms with van der Waals surface area (Å²) in [7, 11) is -4.18. The molecule has 0 radical (unpaired) electrons. The number of nitrogens with one attached hydrogen (secondary N) is 1. The molecule has 0 aliphatic heterocycles. The molecule has 0 aromatic heterocycles. The van der Waals surface area contributed by atoms with Crippen molar-refractivity contribution in [1.82, 2.24) is 10.2 Å². The number of sulfonamides is 1. The first-order chi connectivity index (χ1) is 19.4. The largest absolute Gasteiger partial charge is 0.352 e. The molecule has 0 heterocycles. The maximum Gasteiger partial charge on any atom is 0.264 e. The lowest BCUT2D eigenvalue weighted by Crippen LogP contribution is -2.53. The van der Waals surface area contributed by atoms with Crippen molar-refractivity contribution in [1.29, 1.82) is 0 Å². The fraction of sp³-hybridized carbons (Fsp3) is 0.355. The molecule has 0 aliphatic carbocycles. The lowest BCUT2D eigenvalue weighted by Gasteiger charge is -2.34. The molecule has 10 heteroatoms. The number of carbonyl (C=O) groups is 2. The van der Waals surface area contributed by atoms with E-state index in [9.17, 15) is 18.0 Å². The van der Waals surface area contributed by atoms with E-state index in [2.05, 4.69) is 5.32 Å². The summed E-state index contributed by atoms with van der Waals surface area (Å²) in [6.45, 7) is 8.87. The Morgan fingerprint density at radius 3 is 2.07 bits per heavy atom. The first-order valence-electron chi connectivity index (χ1n) is 13.6. The van der Waals surface area contributed by atoms with Gasteiger partial charge in [0.2, 0.25) is 11.8 Å². The molecule has 2 amide bonds. The molecule has 41 heavy (non-hydrogen) atoms. The summed E-state index contributed by atoms with van der Waals surface area (Å²) < 4.78 is 29.2. The van der Waals surface area contributed by atoms with Gasteiger partial charge in [0, 0.05) is 22.6 Å². The van der Waals surface area contributed by atoms with Gasteiger partial charge in [-0.15, -0.1) is 0 Å². The molecule has 0 saturated carbocycles. The van der Waals surface area contributed by atoms with Crippen molar-refractivity contribution >= 4 is 50.7 Å². The van der Waals surface area contributed by atoms with Crippen LogP contribution in [-0.4, -0.2) is 43.8 Å². The minimum Gasteiger partial charge on any atom is -0.352 e. The van der Waals surface area contributed by atoms with Crippen molar-refractivity contribution in [3.63, 3.8) is 0 Å². The third-order valence-corrected chi connectivity index (χ3v) is 9.24. The predicted octanol–water partition coefficient (Wildman–Crippen LogP) is 6.53. The molecule has 2 atom stereocenters. The van der Waals surface area contributed by atoms with Gasteiger partial charge >= 0.3 is 0 Å². The third kappa shape index (κ3) is 8.24.